The van der Waals surface area contributed by atoms with Crippen molar-refractivity contribution in [2.45, 2.75) is 38.2 Å². The van der Waals surface area contributed by atoms with E-state index < -0.39 is 5.60 Å². The monoisotopic (exact) mass is 462 g/mol. The fourth-order valence-corrected chi connectivity index (χ4v) is 4.85. The van der Waals surface area contributed by atoms with Crippen LogP contribution in [0.5, 0.6) is 5.75 Å². The zero-order valence-corrected chi connectivity index (χ0v) is 19.5. The van der Waals surface area contributed by atoms with Crippen LogP contribution in [0.4, 0.5) is 0 Å². The number of nitrogens with one attached hydrogen (secondary N) is 1. The number of ether oxygens (including phenoxy) is 2. The van der Waals surface area contributed by atoms with E-state index >= 15 is 0 Å². The molecule has 0 radical (unpaired) electrons. The van der Waals surface area contributed by atoms with Gasteiger partial charge in [-0.25, -0.2) is 0 Å². The van der Waals surface area contributed by atoms with Crippen LogP contribution in [0.3, 0.4) is 0 Å². The summed E-state index contributed by atoms with van der Waals surface area (Å²) in [7, 11) is 0. The number of carbonyl (C=O) groups excluding carboxylic acids is 2. The molecule has 1 fully saturated rings. The lowest BCUT2D eigenvalue weighted by Crippen LogP contribution is -2.61. The summed E-state index contributed by atoms with van der Waals surface area (Å²) in [4.78, 5) is 28.3. The Labute approximate surface area is 199 Å². The molecule has 0 bridgehead atoms. The van der Waals surface area contributed by atoms with Crippen molar-refractivity contribution in [2.75, 3.05) is 32.8 Å². The molecule has 2 aliphatic rings. The Morgan fingerprint density at radius 3 is 2.88 bits per heavy atom. The largest absolute Gasteiger partial charge is 0.491 e. The zero-order chi connectivity index (χ0) is 23.5. The predicted octanol–water partition coefficient (Wildman–Crippen LogP) is 3.87. The molecule has 7 nitrogen and oxygen atoms in total. The number of nitrogens with zero attached hydrogens (tertiary/aromatic N) is 1. The molecule has 34 heavy (non-hydrogen) atoms. The van der Waals surface area contributed by atoms with Crippen molar-refractivity contribution in [1.29, 1.82) is 0 Å². The maximum absolute atomic E-state index is 13.3. The number of aryl methyl sites for hydroxylation is 2. The molecule has 0 saturated carbocycles. The Morgan fingerprint density at radius 1 is 1.09 bits per heavy atom. The minimum atomic E-state index is -1.07. The van der Waals surface area contributed by atoms with Crippen molar-refractivity contribution in [1.82, 2.24) is 10.2 Å². The first-order chi connectivity index (χ1) is 16.5. The highest BCUT2D eigenvalue weighted by molar-refractivity contribution is 5.97. The van der Waals surface area contributed by atoms with Gasteiger partial charge in [-0.15, -0.1) is 0 Å². The van der Waals surface area contributed by atoms with Gasteiger partial charge in [-0.1, -0.05) is 29.8 Å². The maximum Gasteiger partial charge on any atom is 0.289 e. The highest BCUT2D eigenvalue weighted by atomic mass is 16.5. The number of fused-ring (bicyclic) bond motifs is 2. The molecular formula is C27H30N2O5. The number of benzene rings is 2. The van der Waals surface area contributed by atoms with Crippen LogP contribution in [-0.2, 0) is 16.0 Å². The van der Waals surface area contributed by atoms with Crippen molar-refractivity contribution in [3.63, 3.8) is 0 Å². The van der Waals surface area contributed by atoms with Crippen LogP contribution in [-0.4, -0.2) is 55.2 Å². The van der Waals surface area contributed by atoms with Gasteiger partial charge in [0.25, 0.3) is 11.8 Å². The summed E-state index contributed by atoms with van der Waals surface area (Å²) in [5.41, 5.74) is 1.88. The SMILES string of the molecule is Cc1ccc2oc(C(=O)N3CCOC4(CCCCc5ccccc5OCCNC4=O)C3)cc2c1. The third kappa shape index (κ3) is 4.53. The third-order valence-corrected chi connectivity index (χ3v) is 6.66. The van der Waals surface area contributed by atoms with Gasteiger partial charge >= 0.3 is 0 Å². The predicted molar refractivity (Wildman–Crippen MR) is 128 cm³/mol. The first kappa shape index (κ1) is 22.5. The summed E-state index contributed by atoms with van der Waals surface area (Å²) in [6.07, 6.45) is 3.11. The molecule has 1 N–H and O–H groups in total. The van der Waals surface area contributed by atoms with Crippen molar-refractivity contribution < 1.29 is 23.5 Å². The van der Waals surface area contributed by atoms with Gasteiger partial charge in [-0.3, -0.25) is 9.59 Å². The van der Waals surface area contributed by atoms with Gasteiger partial charge in [0.1, 0.15) is 17.9 Å². The van der Waals surface area contributed by atoms with Crippen LogP contribution in [0.25, 0.3) is 11.0 Å². The number of hydrogen-bond donors (Lipinski definition) is 1. The number of para-hydroxylation sites is 1. The smallest absolute Gasteiger partial charge is 0.289 e. The van der Waals surface area contributed by atoms with Crippen LogP contribution in [0, 0.1) is 6.92 Å². The van der Waals surface area contributed by atoms with E-state index in [4.69, 9.17) is 13.9 Å². The van der Waals surface area contributed by atoms with Gasteiger partial charge in [0.2, 0.25) is 0 Å². The number of carbonyl (C=O) groups is 2. The summed E-state index contributed by atoms with van der Waals surface area (Å²) >= 11 is 0. The molecule has 1 aromatic heterocycles. The maximum atomic E-state index is 13.3. The zero-order valence-electron chi connectivity index (χ0n) is 19.5. The molecule has 1 atom stereocenters. The molecule has 2 aliphatic heterocycles. The highest BCUT2D eigenvalue weighted by Crippen LogP contribution is 2.29. The van der Waals surface area contributed by atoms with Gasteiger partial charge in [0, 0.05) is 11.9 Å². The van der Waals surface area contributed by atoms with E-state index in [9.17, 15) is 9.59 Å². The second-order valence-electron chi connectivity index (χ2n) is 9.14. The molecule has 178 valence electrons. The van der Waals surface area contributed by atoms with E-state index in [2.05, 4.69) is 11.4 Å². The first-order valence-electron chi connectivity index (χ1n) is 12.0. The number of morpholine rings is 1. The molecule has 7 heteroatoms. The van der Waals surface area contributed by atoms with Gasteiger partial charge in [0.05, 0.1) is 19.7 Å². The molecule has 1 saturated heterocycles. The average molecular weight is 463 g/mol. The Balaban J connectivity index is 1.33. The third-order valence-electron chi connectivity index (χ3n) is 6.66. The molecular weight excluding hydrogens is 432 g/mol. The van der Waals surface area contributed by atoms with Crippen molar-refractivity contribution >= 4 is 22.8 Å². The number of amides is 2. The highest BCUT2D eigenvalue weighted by Gasteiger charge is 2.45. The Morgan fingerprint density at radius 2 is 1.97 bits per heavy atom. The van der Waals surface area contributed by atoms with Crippen LogP contribution in [0.2, 0.25) is 0 Å². The van der Waals surface area contributed by atoms with Gasteiger partial charge in [-0.2, -0.15) is 0 Å². The van der Waals surface area contributed by atoms with E-state index in [0.717, 1.165) is 36.0 Å². The molecule has 0 aliphatic carbocycles. The van der Waals surface area contributed by atoms with Crippen LogP contribution in [0.15, 0.2) is 52.9 Å². The lowest BCUT2D eigenvalue weighted by atomic mass is 9.91. The molecule has 2 aromatic carbocycles. The standard InChI is InChI=1S/C27H30N2O5/c1-19-9-10-23-21(16-19)17-24(34-23)25(30)29-13-15-33-27(18-29)11-5-4-7-20-6-2-3-8-22(20)32-14-12-28-26(27)31/h2-3,6,8-10,16-17H,4-5,7,11-15,18H2,1H3,(H,28,31). The first-order valence-corrected chi connectivity index (χ1v) is 12.0. The van der Waals surface area contributed by atoms with Crippen LogP contribution >= 0.6 is 0 Å². The molecule has 2 amide bonds. The lowest BCUT2D eigenvalue weighted by molar-refractivity contribution is -0.159. The van der Waals surface area contributed by atoms with E-state index in [1.54, 1.807) is 11.0 Å². The van der Waals surface area contributed by atoms with E-state index in [1.165, 1.54) is 5.56 Å². The van der Waals surface area contributed by atoms with E-state index in [1.807, 2.05) is 43.3 Å². The minimum Gasteiger partial charge on any atom is -0.491 e. The number of hydrogen-bond acceptors (Lipinski definition) is 5. The minimum absolute atomic E-state index is 0.192. The Bertz CT molecular complexity index is 1200. The Hall–Kier alpha value is -3.32. The van der Waals surface area contributed by atoms with Crippen molar-refractivity contribution in [3.05, 3.63) is 65.4 Å². The lowest BCUT2D eigenvalue weighted by Gasteiger charge is -2.41. The molecule has 5 rings (SSSR count). The quantitative estimate of drug-likeness (QED) is 0.594. The molecule has 1 spiro atoms. The fraction of sp³-hybridized carbons (Fsp3) is 0.407. The van der Waals surface area contributed by atoms with Crippen molar-refractivity contribution in [2.24, 2.45) is 0 Å². The van der Waals surface area contributed by atoms with Crippen LogP contribution in [0.1, 0.15) is 40.9 Å². The number of furan rings is 1. The summed E-state index contributed by atoms with van der Waals surface area (Å²) in [5.74, 6) is 0.755. The van der Waals surface area contributed by atoms with E-state index in [0.29, 0.717) is 38.3 Å². The molecule has 1 unspecified atom stereocenters. The normalized spacial score (nSPS) is 21.8. The van der Waals surface area contributed by atoms with Crippen LogP contribution < -0.4 is 10.1 Å². The van der Waals surface area contributed by atoms with Gasteiger partial charge < -0.3 is 24.1 Å². The number of rotatable bonds is 1. The second kappa shape index (κ2) is 9.50. The van der Waals surface area contributed by atoms with Crippen molar-refractivity contribution in [3.8, 4) is 5.75 Å². The average Bonchev–Trinajstić information content (AvgIpc) is 3.27. The molecule has 3 heterocycles. The summed E-state index contributed by atoms with van der Waals surface area (Å²) < 4.78 is 17.8. The van der Waals surface area contributed by atoms with Gasteiger partial charge in [-0.05, 0) is 62.4 Å². The summed E-state index contributed by atoms with van der Waals surface area (Å²) in [6.45, 7) is 3.67. The summed E-state index contributed by atoms with van der Waals surface area (Å²) in [6, 6.07) is 15.6. The molecule has 3 aromatic rings. The Kier molecular flexibility index (Phi) is 6.28. The van der Waals surface area contributed by atoms with E-state index in [-0.39, 0.29) is 24.1 Å². The second-order valence-corrected chi connectivity index (χ2v) is 9.14. The fourth-order valence-electron chi connectivity index (χ4n) is 4.85. The van der Waals surface area contributed by atoms with Gasteiger partial charge in [0.15, 0.2) is 11.4 Å². The summed E-state index contributed by atoms with van der Waals surface area (Å²) in [5, 5.41) is 3.87. The topological polar surface area (TPSA) is 81.0 Å².